The molecule has 1 fully saturated rings. The Morgan fingerprint density at radius 3 is 2.86 bits per heavy atom. The summed E-state index contributed by atoms with van der Waals surface area (Å²) >= 11 is 1.72. The van der Waals surface area contributed by atoms with Crippen LogP contribution in [0.15, 0.2) is 6.20 Å². The molecule has 0 amide bonds. The van der Waals surface area contributed by atoms with Crippen molar-refractivity contribution in [3.8, 4) is 0 Å². The molecule has 1 saturated heterocycles. The van der Waals surface area contributed by atoms with Crippen LogP contribution in [0.3, 0.4) is 0 Å². The Balaban J connectivity index is 1.99. The van der Waals surface area contributed by atoms with Crippen LogP contribution in [0.2, 0.25) is 0 Å². The summed E-state index contributed by atoms with van der Waals surface area (Å²) < 4.78 is 0. The van der Waals surface area contributed by atoms with Gasteiger partial charge in [0.2, 0.25) is 0 Å². The highest BCUT2D eigenvalue weighted by Gasteiger charge is 2.38. The van der Waals surface area contributed by atoms with Crippen LogP contribution >= 0.6 is 11.3 Å². The average molecular weight is 211 g/mol. The number of aromatic nitrogens is 1. The molecule has 0 spiro atoms. The van der Waals surface area contributed by atoms with Crippen LogP contribution in [0.4, 0.5) is 5.13 Å². The Morgan fingerprint density at radius 1 is 1.64 bits per heavy atom. The lowest BCUT2D eigenvalue weighted by Crippen LogP contribution is -2.54. The number of rotatable bonds is 3. The molecule has 14 heavy (non-hydrogen) atoms. The van der Waals surface area contributed by atoms with Crippen LogP contribution in [0.5, 0.6) is 0 Å². The summed E-state index contributed by atoms with van der Waals surface area (Å²) in [6.07, 6.45) is 3.14. The molecule has 0 radical (unpaired) electrons. The first-order chi connectivity index (χ1) is 6.67. The Hall–Kier alpha value is -0.610. The monoisotopic (exact) mass is 211 g/mol. The lowest BCUT2D eigenvalue weighted by Gasteiger charge is -2.47. The maximum atomic E-state index is 5.55. The maximum Gasteiger partial charge on any atom is 0.185 e. The molecule has 2 rings (SSSR count). The summed E-state index contributed by atoms with van der Waals surface area (Å²) in [4.78, 5) is 7.89. The first-order valence-electron chi connectivity index (χ1n) is 5.06. The van der Waals surface area contributed by atoms with E-state index in [1.807, 2.05) is 6.20 Å². The van der Waals surface area contributed by atoms with Crippen LogP contribution < -0.4 is 10.6 Å². The molecule has 0 saturated carbocycles. The minimum absolute atomic E-state index is 0.508. The van der Waals surface area contributed by atoms with Gasteiger partial charge in [-0.05, 0) is 6.42 Å². The van der Waals surface area contributed by atoms with Gasteiger partial charge in [0.1, 0.15) is 0 Å². The molecule has 0 bridgehead atoms. The molecule has 3 nitrogen and oxygen atoms in total. The van der Waals surface area contributed by atoms with Crippen LogP contribution in [0.1, 0.15) is 25.1 Å². The van der Waals surface area contributed by atoms with Crippen molar-refractivity contribution >= 4 is 16.5 Å². The van der Waals surface area contributed by atoms with Crippen molar-refractivity contribution in [3.05, 3.63) is 11.1 Å². The van der Waals surface area contributed by atoms with Crippen LogP contribution in [0.25, 0.3) is 0 Å². The number of thiazole rings is 1. The third kappa shape index (κ3) is 1.64. The van der Waals surface area contributed by atoms with Crippen LogP contribution in [-0.4, -0.2) is 18.1 Å². The summed E-state index contributed by atoms with van der Waals surface area (Å²) in [6.45, 7) is 7.48. The molecular weight excluding hydrogens is 194 g/mol. The molecule has 1 aliphatic heterocycles. The highest BCUT2D eigenvalue weighted by molar-refractivity contribution is 7.15. The van der Waals surface area contributed by atoms with Crippen LogP contribution in [0, 0.1) is 5.41 Å². The fraction of sp³-hybridized carbons (Fsp3) is 0.700. The van der Waals surface area contributed by atoms with Crippen LogP contribution in [-0.2, 0) is 6.54 Å². The highest BCUT2D eigenvalue weighted by atomic mass is 32.1. The number of nitrogens with two attached hydrogens (primary N) is 1. The van der Waals surface area contributed by atoms with Gasteiger partial charge < -0.3 is 10.6 Å². The lowest BCUT2D eigenvalue weighted by molar-refractivity contribution is 0.234. The van der Waals surface area contributed by atoms with E-state index in [0.29, 0.717) is 12.0 Å². The van der Waals surface area contributed by atoms with Gasteiger partial charge in [-0.1, -0.05) is 13.8 Å². The first kappa shape index (κ1) is 9.93. The average Bonchev–Trinajstić information content (AvgIpc) is 2.61. The van der Waals surface area contributed by atoms with Gasteiger partial charge in [0.05, 0.1) is 0 Å². The summed E-state index contributed by atoms with van der Waals surface area (Å²) in [5, 5.41) is 1.14. The number of hydrogen-bond acceptors (Lipinski definition) is 4. The third-order valence-electron chi connectivity index (χ3n) is 3.01. The number of anilines is 1. The summed E-state index contributed by atoms with van der Waals surface area (Å²) in [7, 11) is 0. The molecule has 1 aromatic heterocycles. The fourth-order valence-corrected chi connectivity index (χ4v) is 2.56. The lowest BCUT2D eigenvalue weighted by atomic mass is 9.80. The second-order valence-corrected chi connectivity index (χ2v) is 5.43. The summed E-state index contributed by atoms with van der Waals surface area (Å²) in [5.74, 6) is 0. The van der Waals surface area contributed by atoms with E-state index in [1.165, 1.54) is 11.3 Å². The normalized spacial score (nSPS) is 19.5. The molecular formula is C10H17N3S. The van der Waals surface area contributed by atoms with E-state index in [9.17, 15) is 0 Å². The second-order valence-electron chi connectivity index (χ2n) is 4.33. The van der Waals surface area contributed by atoms with Gasteiger partial charge in [-0.15, -0.1) is 11.3 Å². The van der Waals surface area contributed by atoms with E-state index in [-0.39, 0.29) is 0 Å². The smallest absolute Gasteiger partial charge is 0.185 e. The minimum atomic E-state index is 0.508. The Kier molecular flexibility index (Phi) is 2.49. The highest BCUT2D eigenvalue weighted by Crippen LogP contribution is 2.37. The van der Waals surface area contributed by atoms with Crippen molar-refractivity contribution in [3.63, 3.8) is 0 Å². The van der Waals surface area contributed by atoms with Gasteiger partial charge >= 0.3 is 0 Å². The maximum absolute atomic E-state index is 5.55. The molecule has 2 N–H and O–H groups in total. The van der Waals surface area contributed by atoms with E-state index in [2.05, 4.69) is 23.7 Å². The minimum Gasteiger partial charge on any atom is -0.347 e. The predicted molar refractivity (Wildman–Crippen MR) is 60.6 cm³/mol. The molecule has 0 aromatic carbocycles. The SMILES string of the molecule is CCC1(C)CN(c2ncc(CN)s2)C1. The van der Waals surface area contributed by atoms with Gasteiger partial charge in [0.15, 0.2) is 5.13 Å². The van der Waals surface area contributed by atoms with Crippen molar-refractivity contribution in [2.24, 2.45) is 11.1 Å². The van der Waals surface area contributed by atoms with Crippen molar-refractivity contribution in [2.75, 3.05) is 18.0 Å². The van der Waals surface area contributed by atoms with Gasteiger partial charge in [0.25, 0.3) is 0 Å². The van der Waals surface area contributed by atoms with Crippen molar-refractivity contribution in [1.82, 2.24) is 4.98 Å². The Labute approximate surface area is 88.9 Å². The molecule has 1 aromatic rings. The quantitative estimate of drug-likeness (QED) is 0.829. The van der Waals surface area contributed by atoms with Crippen molar-refractivity contribution in [2.45, 2.75) is 26.8 Å². The molecule has 78 valence electrons. The first-order valence-corrected chi connectivity index (χ1v) is 5.88. The van der Waals surface area contributed by atoms with E-state index in [1.54, 1.807) is 11.3 Å². The zero-order valence-corrected chi connectivity index (χ0v) is 9.60. The predicted octanol–water partition coefficient (Wildman–Crippen LogP) is 1.84. The molecule has 1 aliphatic rings. The van der Waals surface area contributed by atoms with Crippen molar-refractivity contribution < 1.29 is 0 Å². The van der Waals surface area contributed by atoms with E-state index in [0.717, 1.165) is 18.2 Å². The molecule has 0 aliphatic carbocycles. The van der Waals surface area contributed by atoms with E-state index < -0.39 is 0 Å². The molecule has 2 heterocycles. The molecule has 0 unspecified atom stereocenters. The van der Waals surface area contributed by atoms with Gasteiger partial charge in [-0.25, -0.2) is 4.98 Å². The summed E-state index contributed by atoms with van der Waals surface area (Å²) in [5.41, 5.74) is 6.06. The van der Waals surface area contributed by atoms with E-state index >= 15 is 0 Å². The Morgan fingerprint density at radius 2 is 2.36 bits per heavy atom. The Bertz CT molecular complexity index is 315. The third-order valence-corrected chi connectivity index (χ3v) is 4.09. The molecule has 4 heteroatoms. The standard InChI is InChI=1S/C10H17N3S/c1-3-10(2)6-13(7-10)9-12-5-8(4-11)14-9/h5H,3-4,6-7,11H2,1-2H3. The van der Waals surface area contributed by atoms with Gasteiger partial charge in [0, 0.05) is 36.1 Å². The van der Waals surface area contributed by atoms with E-state index in [4.69, 9.17) is 5.73 Å². The van der Waals surface area contributed by atoms with Crippen molar-refractivity contribution in [1.29, 1.82) is 0 Å². The van der Waals surface area contributed by atoms with Gasteiger partial charge in [-0.3, -0.25) is 0 Å². The zero-order valence-electron chi connectivity index (χ0n) is 8.79. The fourth-order valence-electron chi connectivity index (χ4n) is 1.77. The second kappa shape index (κ2) is 3.51. The topological polar surface area (TPSA) is 42.2 Å². The zero-order chi connectivity index (χ0) is 10.2. The summed E-state index contributed by atoms with van der Waals surface area (Å²) in [6, 6.07) is 0. The molecule has 0 atom stereocenters. The van der Waals surface area contributed by atoms with Gasteiger partial charge in [-0.2, -0.15) is 0 Å². The number of hydrogen-bond donors (Lipinski definition) is 1. The number of nitrogens with zero attached hydrogens (tertiary/aromatic N) is 2. The largest absolute Gasteiger partial charge is 0.347 e.